The average Bonchev–Trinajstić information content (AvgIpc) is 3.07. The second kappa shape index (κ2) is 7.63. The molecule has 0 unspecified atom stereocenters. The molecule has 0 bridgehead atoms. The Bertz CT molecular complexity index is 753. The van der Waals surface area contributed by atoms with Crippen molar-refractivity contribution in [2.45, 2.75) is 64.3 Å². The Hall–Kier alpha value is -1.87. The third kappa shape index (κ3) is 4.35. The molecule has 1 aromatic heterocycles. The number of carbonyl (C=O) groups is 3. The van der Waals surface area contributed by atoms with Gasteiger partial charge in [-0.1, -0.05) is 20.8 Å². The molecule has 0 fully saturated rings. The largest absolute Gasteiger partial charge is 0.543 e. The zero-order valence-corrected chi connectivity index (χ0v) is 18.6. The lowest BCUT2D eigenvalue weighted by Gasteiger charge is -2.36. The molecule has 2 amide bonds. The topological polar surface area (TPSA) is 98.9 Å². The van der Waals surface area contributed by atoms with E-state index in [0.717, 1.165) is 5.56 Å². The molecule has 2 rings (SSSR count). The SMILES string of the molecule is COC(=O)CC[C@@H](C(N)=O)N1Cc2c(O[Si](C)(C)C(C)(C)C)csc2C1=O. The number of ether oxygens (including phenoxy) is 1. The third-order valence-corrected chi connectivity index (χ3v) is 10.7. The van der Waals surface area contributed by atoms with Gasteiger partial charge in [0.1, 0.15) is 16.7 Å². The van der Waals surface area contributed by atoms with E-state index in [1.54, 1.807) is 0 Å². The van der Waals surface area contributed by atoms with Gasteiger partial charge < -0.3 is 19.8 Å². The zero-order valence-electron chi connectivity index (χ0n) is 16.8. The first-order valence-corrected chi connectivity index (χ1v) is 12.6. The van der Waals surface area contributed by atoms with Crippen LogP contribution in [0.1, 0.15) is 48.8 Å². The van der Waals surface area contributed by atoms with Gasteiger partial charge in [-0.3, -0.25) is 14.4 Å². The molecule has 0 saturated carbocycles. The molecule has 27 heavy (non-hydrogen) atoms. The molecule has 150 valence electrons. The monoisotopic (exact) mass is 412 g/mol. The summed E-state index contributed by atoms with van der Waals surface area (Å²) < 4.78 is 11.0. The van der Waals surface area contributed by atoms with Gasteiger partial charge in [-0.05, 0) is 24.6 Å². The fraction of sp³-hybridized carbons (Fsp3) is 0.611. The second-order valence-electron chi connectivity index (χ2n) is 8.24. The molecule has 0 spiro atoms. The maximum Gasteiger partial charge on any atom is 0.305 e. The Balaban J connectivity index is 2.22. The van der Waals surface area contributed by atoms with Crippen molar-refractivity contribution < 1.29 is 23.5 Å². The van der Waals surface area contributed by atoms with Gasteiger partial charge in [-0.25, -0.2) is 0 Å². The predicted octanol–water partition coefficient (Wildman–Crippen LogP) is 2.90. The number of nitrogens with two attached hydrogens (primary N) is 1. The normalized spacial score (nSPS) is 15.5. The number of esters is 1. The summed E-state index contributed by atoms with van der Waals surface area (Å²) in [5, 5.41) is 1.90. The van der Waals surface area contributed by atoms with E-state index < -0.39 is 26.2 Å². The van der Waals surface area contributed by atoms with E-state index in [-0.39, 0.29) is 30.3 Å². The van der Waals surface area contributed by atoms with E-state index in [4.69, 9.17) is 10.2 Å². The smallest absolute Gasteiger partial charge is 0.305 e. The molecule has 1 aliphatic heterocycles. The zero-order chi connectivity index (χ0) is 20.6. The summed E-state index contributed by atoms with van der Waals surface area (Å²) in [5.41, 5.74) is 6.31. The van der Waals surface area contributed by atoms with Gasteiger partial charge in [0.2, 0.25) is 5.91 Å². The molecule has 0 saturated heterocycles. The van der Waals surface area contributed by atoms with E-state index in [1.807, 2.05) is 5.38 Å². The van der Waals surface area contributed by atoms with Crippen LogP contribution in [0.4, 0.5) is 0 Å². The van der Waals surface area contributed by atoms with Gasteiger partial charge in [0.15, 0.2) is 0 Å². The molecule has 9 heteroatoms. The fourth-order valence-electron chi connectivity index (χ4n) is 2.64. The number of amides is 2. The number of hydrogen-bond acceptors (Lipinski definition) is 6. The summed E-state index contributed by atoms with van der Waals surface area (Å²) in [4.78, 5) is 38.1. The highest BCUT2D eigenvalue weighted by molar-refractivity contribution is 7.12. The van der Waals surface area contributed by atoms with Crippen molar-refractivity contribution >= 4 is 37.4 Å². The van der Waals surface area contributed by atoms with Crippen molar-refractivity contribution in [2.24, 2.45) is 5.73 Å². The first kappa shape index (κ1) is 21.4. The van der Waals surface area contributed by atoms with E-state index >= 15 is 0 Å². The molecule has 1 atom stereocenters. The highest BCUT2D eigenvalue weighted by Crippen LogP contribution is 2.43. The van der Waals surface area contributed by atoms with Crippen LogP contribution in [0, 0.1) is 0 Å². The lowest BCUT2D eigenvalue weighted by Crippen LogP contribution is -2.45. The van der Waals surface area contributed by atoms with Gasteiger partial charge in [-0.2, -0.15) is 0 Å². The first-order valence-electron chi connectivity index (χ1n) is 8.85. The Morgan fingerprint density at radius 3 is 2.52 bits per heavy atom. The van der Waals surface area contributed by atoms with E-state index in [9.17, 15) is 14.4 Å². The molecule has 1 aromatic rings. The molecular weight excluding hydrogens is 384 g/mol. The van der Waals surface area contributed by atoms with Crippen LogP contribution in [0.15, 0.2) is 5.38 Å². The Kier molecular flexibility index (Phi) is 6.05. The van der Waals surface area contributed by atoms with Crippen molar-refractivity contribution in [2.75, 3.05) is 7.11 Å². The predicted molar refractivity (Wildman–Crippen MR) is 106 cm³/mol. The van der Waals surface area contributed by atoms with Gasteiger partial charge in [-0.15, -0.1) is 11.3 Å². The summed E-state index contributed by atoms with van der Waals surface area (Å²) in [7, 11) is -0.774. The summed E-state index contributed by atoms with van der Waals surface area (Å²) in [6.45, 7) is 11.0. The maximum absolute atomic E-state index is 12.8. The number of methoxy groups -OCH3 is 1. The van der Waals surface area contributed by atoms with E-state index in [0.29, 0.717) is 10.6 Å². The van der Waals surface area contributed by atoms with Crippen molar-refractivity contribution in [1.29, 1.82) is 0 Å². The van der Waals surface area contributed by atoms with Crippen LogP contribution < -0.4 is 10.2 Å². The number of carbonyl (C=O) groups excluding carboxylic acids is 3. The minimum atomic E-state index is -2.06. The first-order chi connectivity index (χ1) is 12.4. The summed E-state index contributed by atoms with van der Waals surface area (Å²) in [6, 6.07) is -0.850. The Morgan fingerprint density at radius 2 is 2.00 bits per heavy atom. The number of primary amides is 1. The van der Waals surface area contributed by atoms with Crippen molar-refractivity contribution in [3.05, 3.63) is 15.8 Å². The summed E-state index contributed by atoms with van der Waals surface area (Å²) in [5.74, 6) is -0.596. The van der Waals surface area contributed by atoms with Crippen LogP contribution in [0.3, 0.4) is 0 Å². The van der Waals surface area contributed by atoms with E-state index in [1.165, 1.54) is 23.3 Å². The molecule has 2 heterocycles. The molecule has 1 aliphatic rings. The Labute approximate surface area is 164 Å². The summed E-state index contributed by atoms with van der Waals surface area (Å²) >= 11 is 1.32. The maximum atomic E-state index is 12.8. The van der Waals surface area contributed by atoms with Gasteiger partial charge >= 0.3 is 5.97 Å². The molecule has 7 nitrogen and oxygen atoms in total. The van der Waals surface area contributed by atoms with Gasteiger partial charge in [0, 0.05) is 17.4 Å². The van der Waals surface area contributed by atoms with Crippen LogP contribution in [0.25, 0.3) is 0 Å². The molecule has 2 N–H and O–H groups in total. The molecule has 0 aromatic carbocycles. The number of fused-ring (bicyclic) bond motifs is 1. The highest BCUT2D eigenvalue weighted by Gasteiger charge is 2.43. The highest BCUT2D eigenvalue weighted by atomic mass is 32.1. The minimum Gasteiger partial charge on any atom is -0.543 e. The third-order valence-electron chi connectivity index (χ3n) is 5.36. The van der Waals surface area contributed by atoms with Gasteiger partial charge in [0.25, 0.3) is 14.2 Å². The van der Waals surface area contributed by atoms with Gasteiger partial charge in [0.05, 0.1) is 13.7 Å². The number of nitrogens with zero attached hydrogens (tertiary/aromatic N) is 1. The second-order valence-corrected chi connectivity index (χ2v) is 13.8. The van der Waals surface area contributed by atoms with Crippen LogP contribution >= 0.6 is 11.3 Å². The lowest BCUT2D eigenvalue weighted by molar-refractivity contribution is -0.141. The van der Waals surface area contributed by atoms with Crippen LogP contribution in [-0.2, 0) is 20.9 Å². The van der Waals surface area contributed by atoms with Crippen LogP contribution in [-0.4, -0.2) is 44.2 Å². The van der Waals surface area contributed by atoms with E-state index in [2.05, 4.69) is 38.6 Å². The number of hydrogen-bond donors (Lipinski definition) is 1. The standard InChI is InChI=1S/C18H28N2O5SSi/c1-18(2,3)27(5,6)25-13-10-26-15-11(13)9-20(17(15)23)12(16(19)22)7-8-14(21)24-4/h10,12H,7-9H2,1-6H3,(H2,19,22)/t12-/m0/s1. The molecule has 0 aliphatic carbocycles. The van der Waals surface area contributed by atoms with Crippen LogP contribution in [0.5, 0.6) is 5.75 Å². The fourth-order valence-corrected chi connectivity index (χ4v) is 4.71. The van der Waals surface area contributed by atoms with Crippen molar-refractivity contribution in [1.82, 2.24) is 4.90 Å². The van der Waals surface area contributed by atoms with Crippen molar-refractivity contribution in [3.8, 4) is 5.75 Å². The average molecular weight is 413 g/mol. The molecular formula is C18H28N2O5SSi. The van der Waals surface area contributed by atoms with Crippen LogP contribution in [0.2, 0.25) is 18.1 Å². The Morgan fingerprint density at radius 1 is 1.37 bits per heavy atom. The number of thiophene rings is 1. The van der Waals surface area contributed by atoms with Crippen molar-refractivity contribution in [3.63, 3.8) is 0 Å². The lowest BCUT2D eigenvalue weighted by atomic mass is 10.1. The number of rotatable bonds is 7. The minimum absolute atomic E-state index is 0.0227. The molecule has 0 radical (unpaired) electrons. The quantitative estimate of drug-likeness (QED) is 0.548. The summed E-state index contributed by atoms with van der Waals surface area (Å²) in [6.07, 6.45) is 0.163.